The highest BCUT2D eigenvalue weighted by Crippen LogP contribution is 2.34. The number of aliphatic imine (C=N–C) groups is 2. The van der Waals surface area contributed by atoms with Crippen molar-refractivity contribution in [2.75, 3.05) is 18.4 Å². The lowest BCUT2D eigenvalue weighted by Gasteiger charge is -2.18. The van der Waals surface area contributed by atoms with Gasteiger partial charge in [0.25, 0.3) is 5.91 Å². The Balaban J connectivity index is 1.76. The van der Waals surface area contributed by atoms with E-state index < -0.39 is 11.7 Å². The summed E-state index contributed by atoms with van der Waals surface area (Å²) in [5, 5.41) is 2.58. The number of hydrogen-bond acceptors (Lipinski definition) is 5. The Morgan fingerprint density at radius 3 is 3.04 bits per heavy atom. The number of amides is 1. The summed E-state index contributed by atoms with van der Waals surface area (Å²) in [6, 6.07) is 6.02. The number of halogens is 1. The molecule has 2 aliphatic heterocycles. The van der Waals surface area contributed by atoms with Crippen LogP contribution in [0.25, 0.3) is 0 Å². The monoisotopic (exact) mass is 312 g/mol. The minimum Gasteiger partial charge on any atom is -0.442 e. The van der Waals surface area contributed by atoms with Crippen molar-refractivity contribution in [3.05, 3.63) is 47.0 Å². The minimum atomic E-state index is -0.492. The topological polar surface area (TPSA) is 70.2 Å². The summed E-state index contributed by atoms with van der Waals surface area (Å²) in [7, 11) is 0. The standard InChI is InChI=1S/C16H13FN4O2/c1-9-12(15(22)20-11-5-3-2-4-10(11)17)13-14-18-6-7-21(14)8-19-16(13)23-9/h2-5,8H,6-7H2,1H3,(H,20,22). The average molecular weight is 312 g/mol. The normalized spacial score (nSPS) is 15.2. The van der Waals surface area contributed by atoms with Gasteiger partial charge in [0, 0.05) is 6.54 Å². The average Bonchev–Trinajstić information content (AvgIpc) is 3.12. The number of amidine groups is 1. The van der Waals surface area contributed by atoms with Crippen LogP contribution in [-0.4, -0.2) is 36.1 Å². The van der Waals surface area contributed by atoms with Crippen molar-refractivity contribution in [1.82, 2.24) is 4.90 Å². The number of carbonyl (C=O) groups is 1. The Morgan fingerprint density at radius 2 is 2.22 bits per heavy atom. The van der Waals surface area contributed by atoms with Crippen molar-refractivity contribution < 1.29 is 13.6 Å². The summed E-state index contributed by atoms with van der Waals surface area (Å²) in [5.74, 6) is 0.527. The van der Waals surface area contributed by atoms with Gasteiger partial charge >= 0.3 is 0 Å². The summed E-state index contributed by atoms with van der Waals surface area (Å²) in [6.45, 7) is 3.04. The molecule has 2 aliphatic rings. The zero-order chi connectivity index (χ0) is 16.0. The van der Waals surface area contributed by atoms with Gasteiger partial charge in [-0.05, 0) is 19.1 Å². The molecule has 1 N–H and O–H groups in total. The molecule has 1 amide bonds. The smallest absolute Gasteiger partial charge is 0.260 e. The van der Waals surface area contributed by atoms with Gasteiger partial charge in [-0.3, -0.25) is 9.79 Å². The van der Waals surface area contributed by atoms with E-state index in [-0.39, 0.29) is 5.69 Å². The van der Waals surface area contributed by atoms with Gasteiger partial charge in [-0.1, -0.05) is 12.1 Å². The Kier molecular flexibility index (Phi) is 3.00. The van der Waals surface area contributed by atoms with Gasteiger partial charge < -0.3 is 14.6 Å². The molecule has 0 bridgehead atoms. The molecule has 0 fully saturated rings. The first kappa shape index (κ1) is 13.7. The van der Waals surface area contributed by atoms with Crippen LogP contribution in [0.4, 0.5) is 16.0 Å². The molecule has 0 aliphatic carbocycles. The minimum absolute atomic E-state index is 0.122. The first-order chi connectivity index (χ1) is 11.1. The second kappa shape index (κ2) is 5.05. The van der Waals surface area contributed by atoms with Crippen LogP contribution in [0.15, 0.2) is 38.7 Å². The molecule has 3 heterocycles. The largest absolute Gasteiger partial charge is 0.442 e. The van der Waals surface area contributed by atoms with Crippen LogP contribution in [0, 0.1) is 12.7 Å². The van der Waals surface area contributed by atoms with Crippen molar-refractivity contribution in [3.8, 4) is 0 Å². The summed E-state index contributed by atoms with van der Waals surface area (Å²) in [6.07, 6.45) is 1.65. The number of hydrogen-bond donors (Lipinski definition) is 1. The van der Waals surface area contributed by atoms with Crippen molar-refractivity contribution in [3.63, 3.8) is 0 Å². The van der Waals surface area contributed by atoms with E-state index in [1.165, 1.54) is 12.1 Å². The Hall–Kier alpha value is -2.96. The Labute approximate surface area is 131 Å². The molecule has 6 nitrogen and oxygen atoms in total. The maximum atomic E-state index is 13.8. The van der Waals surface area contributed by atoms with Gasteiger partial charge in [0.15, 0.2) is 0 Å². The van der Waals surface area contributed by atoms with E-state index in [9.17, 15) is 9.18 Å². The van der Waals surface area contributed by atoms with Gasteiger partial charge in [-0.2, -0.15) is 0 Å². The number of nitrogens with one attached hydrogen (secondary N) is 1. The second-order valence-electron chi connectivity index (χ2n) is 5.29. The maximum Gasteiger partial charge on any atom is 0.260 e. The van der Waals surface area contributed by atoms with Crippen LogP contribution >= 0.6 is 0 Å². The molecule has 0 unspecified atom stereocenters. The number of fused-ring (bicyclic) bond motifs is 3. The molecule has 0 saturated carbocycles. The van der Waals surface area contributed by atoms with Crippen LogP contribution in [-0.2, 0) is 0 Å². The molecule has 0 atom stereocenters. The predicted molar refractivity (Wildman–Crippen MR) is 84.1 cm³/mol. The highest BCUT2D eigenvalue weighted by atomic mass is 19.1. The van der Waals surface area contributed by atoms with Gasteiger partial charge in [0.2, 0.25) is 5.88 Å². The highest BCUT2D eigenvalue weighted by molar-refractivity contribution is 6.19. The van der Waals surface area contributed by atoms with E-state index in [4.69, 9.17) is 4.42 Å². The lowest BCUT2D eigenvalue weighted by molar-refractivity contribution is 0.102. The molecule has 0 spiro atoms. The Bertz CT molecular complexity index is 869. The zero-order valence-corrected chi connectivity index (χ0v) is 12.3. The number of furan rings is 1. The third kappa shape index (κ3) is 2.12. The fourth-order valence-electron chi connectivity index (χ4n) is 2.77. The predicted octanol–water partition coefficient (Wildman–Crippen LogP) is 2.72. The lowest BCUT2D eigenvalue weighted by Crippen LogP contribution is -2.30. The second-order valence-corrected chi connectivity index (χ2v) is 5.29. The van der Waals surface area contributed by atoms with Crippen molar-refractivity contribution in [2.24, 2.45) is 9.98 Å². The number of rotatable bonds is 2. The third-order valence-electron chi connectivity index (χ3n) is 3.83. The summed E-state index contributed by atoms with van der Waals surface area (Å²) in [4.78, 5) is 23.2. The van der Waals surface area contributed by atoms with Crippen molar-refractivity contribution in [2.45, 2.75) is 6.92 Å². The summed E-state index contributed by atoms with van der Waals surface area (Å²) >= 11 is 0. The quantitative estimate of drug-likeness (QED) is 0.927. The molecule has 23 heavy (non-hydrogen) atoms. The van der Waals surface area contributed by atoms with E-state index in [0.717, 1.165) is 6.54 Å². The number of nitrogens with zero attached hydrogens (tertiary/aromatic N) is 3. The van der Waals surface area contributed by atoms with E-state index in [1.54, 1.807) is 25.4 Å². The fourth-order valence-corrected chi connectivity index (χ4v) is 2.77. The van der Waals surface area contributed by atoms with Crippen LogP contribution < -0.4 is 5.32 Å². The molecular formula is C16H13FN4O2. The molecule has 1 aromatic carbocycles. The first-order valence-corrected chi connectivity index (χ1v) is 7.20. The Morgan fingerprint density at radius 1 is 1.39 bits per heavy atom. The molecule has 0 radical (unpaired) electrons. The molecule has 2 aromatic rings. The maximum absolute atomic E-state index is 13.8. The molecule has 4 rings (SSSR count). The van der Waals surface area contributed by atoms with E-state index in [0.29, 0.717) is 35.2 Å². The van der Waals surface area contributed by atoms with Crippen LogP contribution in [0.2, 0.25) is 0 Å². The first-order valence-electron chi connectivity index (χ1n) is 7.20. The number of para-hydroxylation sites is 1. The number of carbonyl (C=O) groups excluding carboxylic acids is 1. The van der Waals surface area contributed by atoms with Gasteiger partial charge in [0.05, 0.1) is 23.4 Å². The molecule has 0 saturated heterocycles. The molecule has 7 heteroatoms. The number of aryl methyl sites for hydroxylation is 1. The van der Waals surface area contributed by atoms with Crippen molar-refractivity contribution in [1.29, 1.82) is 0 Å². The SMILES string of the molecule is Cc1oc2c(c1C(=O)Nc1ccccc1F)C1=NCCN1C=N2. The summed E-state index contributed by atoms with van der Waals surface area (Å²) in [5.41, 5.74) is 1.03. The molecule has 1 aromatic heterocycles. The third-order valence-corrected chi connectivity index (χ3v) is 3.83. The molecular weight excluding hydrogens is 299 g/mol. The fraction of sp³-hybridized carbons (Fsp3) is 0.188. The zero-order valence-electron chi connectivity index (χ0n) is 12.3. The van der Waals surface area contributed by atoms with Gasteiger partial charge in [-0.25, -0.2) is 9.38 Å². The summed E-state index contributed by atoms with van der Waals surface area (Å²) < 4.78 is 19.3. The van der Waals surface area contributed by atoms with Crippen LogP contribution in [0.3, 0.4) is 0 Å². The molecule has 116 valence electrons. The van der Waals surface area contributed by atoms with E-state index in [2.05, 4.69) is 15.3 Å². The van der Waals surface area contributed by atoms with Gasteiger partial charge in [0.1, 0.15) is 23.8 Å². The highest BCUT2D eigenvalue weighted by Gasteiger charge is 2.33. The van der Waals surface area contributed by atoms with Gasteiger partial charge in [-0.15, -0.1) is 0 Å². The van der Waals surface area contributed by atoms with E-state index in [1.807, 2.05) is 4.90 Å². The lowest BCUT2D eigenvalue weighted by atomic mass is 10.1. The van der Waals surface area contributed by atoms with Crippen molar-refractivity contribution >= 4 is 29.7 Å². The van der Waals surface area contributed by atoms with Crippen LogP contribution in [0.5, 0.6) is 0 Å². The van der Waals surface area contributed by atoms with E-state index >= 15 is 0 Å². The number of anilines is 1. The number of benzene rings is 1. The van der Waals surface area contributed by atoms with Crippen LogP contribution in [0.1, 0.15) is 21.7 Å².